The average molecular weight is 498 g/mol. The van der Waals surface area contributed by atoms with Crippen molar-refractivity contribution >= 4 is 21.6 Å². The molecule has 182 valence electrons. The zero-order valence-electron chi connectivity index (χ0n) is 19.0. The molecule has 0 radical (unpaired) electrons. The van der Waals surface area contributed by atoms with Gasteiger partial charge in [-0.15, -0.1) is 0 Å². The van der Waals surface area contributed by atoms with E-state index in [4.69, 9.17) is 4.74 Å². The van der Waals surface area contributed by atoms with Gasteiger partial charge in [-0.3, -0.25) is 14.3 Å². The molecular formula is C25H24FN3O5S. The Labute approximate surface area is 202 Å². The highest BCUT2D eigenvalue weighted by molar-refractivity contribution is 7.92. The Balaban J connectivity index is 1.38. The van der Waals surface area contributed by atoms with Gasteiger partial charge in [0.15, 0.2) is 0 Å². The fraction of sp³-hybridized carbons (Fsp3) is 0.280. The number of likely N-dealkylation sites (tertiary alicyclic amines) is 1. The van der Waals surface area contributed by atoms with Crippen molar-refractivity contribution in [2.45, 2.75) is 23.8 Å². The third-order valence-corrected chi connectivity index (χ3v) is 7.94. The largest absolute Gasteiger partial charge is 0.497 e. The van der Waals surface area contributed by atoms with Gasteiger partial charge in [-0.05, 0) is 66.9 Å². The van der Waals surface area contributed by atoms with Crippen LogP contribution in [0, 0.1) is 11.7 Å². The van der Waals surface area contributed by atoms with E-state index in [1.807, 2.05) is 4.90 Å². The predicted octanol–water partition coefficient (Wildman–Crippen LogP) is 3.06. The molecule has 2 bridgehead atoms. The normalized spacial score (nSPS) is 19.1. The van der Waals surface area contributed by atoms with Gasteiger partial charge in [-0.2, -0.15) is 0 Å². The number of ether oxygens (including phenoxy) is 1. The van der Waals surface area contributed by atoms with Crippen LogP contribution < -0.4 is 15.0 Å². The maximum atomic E-state index is 13.5. The molecule has 8 nitrogen and oxygen atoms in total. The average Bonchev–Trinajstić information content (AvgIpc) is 2.85. The number of nitrogens with zero attached hydrogens (tertiary/aromatic N) is 2. The summed E-state index contributed by atoms with van der Waals surface area (Å²) in [5.74, 6) is -0.0501. The maximum Gasteiger partial charge on any atom is 0.275 e. The zero-order chi connectivity index (χ0) is 24.7. The molecule has 2 aromatic carbocycles. The Bertz CT molecular complexity index is 1450. The number of pyridine rings is 1. The number of hydrogen-bond donors (Lipinski definition) is 1. The molecule has 5 rings (SSSR count). The Hall–Kier alpha value is -3.66. The lowest BCUT2D eigenvalue weighted by atomic mass is 9.83. The predicted molar refractivity (Wildman–Crippen MR) is 128 cm³/mol. The van der Waals surface area contributed by atoms with Crippen molar-refractivity contribution < 1.29 is 22.3 Å². The van der Waals surface area contributed by atoms with E-state index >= 15 is 0 Å². The van der Waals surface area contributed by atoms with Gasteiger partial charge in [0.1, 0.15) is 17.3 Å². The van der Waals surface area contributed by atoms with E-state index in [-0.39, 0.29) is 28.3 Å². The molecule has 1 amide bonds. The van der Waals surface area contributed by atoms with Gasteiger partial charge >= 0.3 is 0 Å². The molecule has 3 aromatic rings. The minimum absolute atomic E-state index is 0.0359. The van der Waals surface area contributed by atoms with Gasteiger partial charge in [-0.25, -0.2) is 12.8 Å². The molecule has 1 saturated heterocycles. The molecule has 35 heavy (non-hydrogen) atoms. The molecule has 2 aliphatic rings. The lowest BCUT2D eigenvalue weighted by Crippen LogP contribution is -2.49. The summed E-state index contributed by atoms with van der Waals surface area (Å²) in [6, 6.07) is 14.7. The SMILES string of the molecule is COc1ccc(C(=O)N2C[C@@H]3C[C@H](C2)c2ccc(NS(=O)(=O)c4cccc(F)c4)c(=O)n2C3)cc1. The fourth-order valence-electron chi connectivity index (χ4n) is 4.94. The number of halogens is 1. The van der Waals surface area contributed by atoms with E-state index in [2.05, 4.69) is 4.72 Å². The van der Waals surface area contributed by atoms with E-state index < -0.39 is 21.4 Å². The topological polar surface area (TPSA) is 97.7 Å². The van der Waals surface area contributed by atoms with Crippen molar-refractivity contribution in [3.8, 4) is 5.75 Å². The number of nitrogens with one attached hydrogen (secondary N) is 1. The lowest BCUT2D eigenvalue weighted by Gasteiger charge is -2.43. The number of piperidine rings is 1. The standard InChI is InChI=1S/C25H24FN3O5S/c1-34-20-7-5-17(6-8-20)24(30)28-13-16-11-18(15-28)23-10-9-22(25(31)29(23)14-16)27-35(32,33)21-4-2-3-19(26)12-21/h2-10,12,16,18,27H,11,13-15H2,1H3/t16-,18+/m0/s1. The minimum atomic E-state index is -4.12. The quantitative estimate of drug-likeness (QED) is 0.584. The Morgan fingerprint density at radius 3 is 2.54 bits per heavy atom. The highest BCUT2D eigenvalue weighted by Gasteiger charge is 2.37. The number of rotatable bonds is 5. The third kappa shape index (κ3) is 4.41. The van der Waals surface area contributed by atoms with Gasteiger partial charge in [-0.1, -0.05) is 6.07 Å². The molecule has 0 aliphatic carbocycles. The Morgan fingerprint density at radius 1 is 1.06 bits per heavy atom. The molecule has 2 aliphatic heterocycles. The molecule has 2 atom stereocenters. The van der Waals surface area contributed by atoms with Gasteiger partial charge in [0.25, 0.3) is 21.5 Å². The Morgan fingerprint density at radius 2 is 1.83 bits per heavy atom. The van der Waals surface area contributed by atoms with E-state index in [0.29, 0.717) is 30.9 Å². The summed E-state index contributed by atoms with van der Waals surface area (Å²) in [6.07, 6.45) is 0.847. The van der Waals surface area contributed by atoms with Crippen molar-refractivity contribution in [1.29, 1.82) is 0 Å². The number of aromatic nitrogens is 1. The van der Waals surface area contributed by atoms with Crippen LogP contribution in [0.5, 0.6) is 5.75 Å². The molecule has 0 unspecified atom stereocenters. The summed E-state index contributed by atoms with van der Waals surface area (Å²) < 4.78 is 47.9. The van der Waals surface area contributed by atoms with Gasteiger partial charge < -0.3 is 14.2 Å². The zero-order valence-corrected chi connectivity index (χ0v) is 19.8. The Kier molecular flexibility index (Phi) is 5.84. The minimum Gasteiger partial charge on any atom is -0.497 e. The van der Waals surface area contributed by atoms with Crippen molar-refractivity contribution in [1.82, 2.24) is 9.47 Å². The molecule has 1 N–H and O–H groups in total. The van der Waals surface area contributed by atoms with Gasteiger partial charge in [0.05, 0.1) is 12.0 Å². The summed E-state index contributed by atoms with van der Waals surface area (Å²) in [4.78, 5) is 27.8. The highest BCUT2D eigenvalue weighted by Crippen LogP contribution is 2.36. The van der Waals surface area contributed by atoms with Crippen LogP contribution in [0.4, 0.5) is 10.1 Å². The second-order valence-electron chi connectivity index (χ2n) is 8.89. The van der Waals surface area contributed by atoms with Crippen LogP contribution in [0.15, 0.2) is 70.4 Å². The molecular weight excluding hydrogens is 473 g/mol. The third-order valence-electron chi connectivity index (χ3n) is 6.58. The number of methoxy groups -OCH3 is 1. The second-order valence-corrected chi connectivity index (χ2v) is 10.6. The van der Waals surface area contributed by atoms with Gasteiger partial charge in [0, 0.05) is 36.8 Å². The molecule has 1 fully saturated rings. The number of carbonyl (C=O) groups excluding carboxylic acids is 1. The van der Waals surface area contributed by atoms with Crippen molar-refractivity contribution in [3.05, 3.63) is 88.1 Å². The number of carbonyl (C=O) groups is 1. The van der Waals surface area contributed by atoms with Crippen LogP contribution in [-0.4, -0.2) is 44.0 Å². The molecule has 0 spiro atoms. The first-order valence-corrected chi connectivity index (χ1v) is 12.7. The first kappa shape index (κ1) is 23.1. The van der Waals surface area contributed by atoms with Gasteiger partial charge in [0.2, 0.25) is 0 Å². The van der Waals surface area contributed by atoms with Crippen molar-refractivity contribution in [2.24, 2.45) is 5.92 Å². The van der Waals surface area contributed by atoms with Crippen molar-refractivity contribution in [3.63, 3.8) is 0 Å². The first-order valence-electron chi connectivity index (χ1n) is 11.2. The smallest absolute Gasteiger partial charge is 0.275 e. The van der Waals surface area contributed by atoms with Crippen LogP contribution in [0.25, 0.3) is 0 Å². The van der Waals surface area contributed by atoms with Crippen LogP contribution in [-0.2, 0) is 16.6 Å². The van der Waals surface area contributed by atoms with Crippen molar-refractivity contribution in [2.75, 3.05) is 24.9 Å². The second kappa shape index (κ2) is 8.84. The number of fused-ring (bicyclic) bond motifs is 4. The maximum absolute atomic E-state index is 13.5. The molecule has 3 heterocycles. The summed E-state index contributed by atoms with van der Waals surface area (Å²) >= 11 is 0. The monoisotopic (exact) mass is 497 g/mol. The summed E-state index contributed by atoms with van der Waals surface area (Å²) in [5.41, 5.74) is 0.800. The highest BCUT2D eigenvalue weighted by atomic mass is 32.2. The number of anilines is 1. The summed E-state index contributed by atoms with van der Waals surface area (Å²) in [5, 5.41) is 0. The summed E-state index contributed by atoms with van der Waals surface area (Å²) in [6.45, 7) is 1.36. The number of amides is 1. The molecule has 10 heteroatoms. The molecule has 0 saturated carbocycles. The fourth-order valence-corrected chi connectivity index (χ4v) is 6.03. The number of hydrogen-bond acceptors (Lipinski definition) is 5. The van der Waals surface area contributed by atoms with Crippen LogP contribution in [0.3, 0.4) is 0 Å². The summed E-state index contributed by atoms with van der Waals surface area (Å²) in [7, 11) is -2.56. The number of sulfonamides is 1. The van der Waals surface area contributed by atoms with Crippen LogP contribution >= 0.6 is 0 Å². The van der Waals surface area contributed by atoms with E-state index in [1.165, 1.54) is 18.2 Å². The lowest BCUT2D eigenvalue weighted by molar-refractivity contribution is 0.0594. The van der Waals surface area contributed by atoms with E-state index in [0.717, 1.165) is 24.2 Å². The first-order chi connectivity index (χ1) is 16.7. The van der Waals surface area contributed by atoms with E-state index in [1.54, 1.807) is 42.0 Å². The van der Waals surface area contributed by atoms with Crippen LogP contribution in [0.2, 0.25) is 0 Å². The molecule has 1 aromatic heterocycles. The van der Waals surface area contributed by atoms with Crippen LogP contribution in [0.1, 0.15) is 28.4 Å². The number of benzene rings is 2. The van der Waals surface area contributed by atoms with E-state index in [9.17, 15) is 22.4 Å².